The number of para-hydroxylation sites is 1. The number of amides is 2. The number of hydrogen-bond donors (Lipinski definition) is 2. The molecule has 2 aromatic carbocycles. The third kappa shape index (κ3) is 3.15. The van der Waals surface area contributed by atoms with Crippen LogP contribution in [0, 0.1) is 0 Å². The molecule has 0 saturated carbocycles. The van der Waals surface area contributed by atoms with E-state index in [1.54, 1.807) is 12.1 Å². The highest BCUT2D eigenvalue weighted by Crippen LogP contribution is 2.36. The molecule has 0 fully saturated rings. The lowest BCUT2D eigenvalue weighted by atomic mass is 10.1. The Labute approximate surface area is 152 Å². The molecule has 26 heavy (non-hydrogen) atoms. The van der Waals surface area contributed by atoms with E-state index in [9.17, 15) is 18.0 Å². The predicted octanol–water partition coefficient (Wildman–Crippen LogP) is 1.51. The molecule has 2 N–H and O–H groups in total. The minimum absolute atomic E-state index is 0.0530. The molecule has 0 unspecified atom stereocenters. The van der Waals surface area contributed by atoms with Crippen LogP contribution in [0.3, 0.4) is 0 Å². The molecule has 8 heteroatoms. The highest BCUT2D eigenvalue weighted by molar-refractivity contribution is 7.93. The Balaban J connectivity index is 2.03. The molecular weight excluding hydrogens is 354 g/mol. The Morgan fingerprint density at radius 3 is 2.35 bits per heavy atom. The normalized spacial score (nSPS) is 16.1. The van der Waals surface area contributed by atoms with Crippen molar-refractivity contribution in [1.82, 2.24) is 5.32 Å². The first-order valence-corrected chi connectivity index (χ1v) is 9.50. The van der Waals surface area contributed by atoms with Gasteiger partial charge < -0.3 is 10.6 Å². The number of sulfonamides is 1. The lowest BCUT2D eigenvalue weighted by Crippen LogP contribution is -2.47. The van der Waals surface area contributed by atoms with Gasteiger partial charge in [0.05, 0.1) is 10.6 Å². The molecule has 1 atom stereocenters. The third-order valence-electron chi connectivity index (χ3n) is 4.21. The van der Waals surface area contributed by atoms with Crippen LogP contribution in [-0.2, 0) is 26.0 Å². The Bertz CT molecular complexity index is 955. The van der Waals surface area contributed by atoms with E-state index >= 15 is 0 Å². The van der Waals surface area contributed by atoms with Gasteiger partial charge in [-0.25, -0.2) is 8.42 Å². The van der Waals surface area contributed by atoms with E-state index < -0.39 is 16.1 Å². The molecule has 3 rings (SSSR count). The maximum absolute atomic E-state index is 13.2. The summed E-state index contributed by atoms with van der Waals surface area (Å²) < 4.78 is 27.6. The highest BCUT2D eigenvalue weighted by atomic mass is 32.2. The number of likely N-dealkylation sites (N-methyl/N-ethyl adjacent to an activating group) is 1. The molecule has 0 aromatic heterocycles. The van der Waals surface area contributed by atoms with Crippen molar-refractivity contribution in [2.45, 2.75) is 24.3 Å². The molecule has 1 aliphatic rings. The number of benzene rings is 2. The zero-order chi connectivity index (χ0) is 18.9. The smallest absolute Gasteiger partial charge is 0.265 e. The average Bonchev–Trinajstić information content (AvgIpc) is 3.01. The van der Waals surface area contributed by atoms with Crippen LogP contribution in [0.1, 0.15) is 12.5 Å². The second-order valence-corrected chi connectivity index (χ2v) is 7.78. The second-order valence-electron chi connectivity index (χ2n) is 5.97. The van der Waals surface area contributed by atoms with Crippen molar-refractivity contribution >= 4 is 33.2 Å². The van der Waals surface area contributed by atoms with Crippen LogP contribution < -0.4 is 14.9 Å². The van der Waals surface area contributed by atoms with Gasteiger partial charge >= 0.3 is 0 Å². The standard InChI is InChI=1S/C18H19N3O4S/c1-12(22)20-14-7-9-15(10-8-14)26(24,25)21-16-6-4-3-5-13(16)11-17(21)18(23)19-2/h3-10,17H,11H2,1-2H3,(H,19,23)(H,20,22)/t17-/m0/s1. The minimum Gasteiger partial charge on any atom is -0.357 e. The van der Waals surface area contributed by atoms with Gasteiger partial charge in [0.25, 0.3) is 10.0 Å². The monoisotopic (exact) mass is 373 g/mol. The Hall–Kier alpha value is -2.87. The van der Waals surface area contributed by atoms with E-state index in [4.69, 9.17) is 0 Å². The molecule has 2 amide bonds. The van der Waals surface area contributed by atoms with Crippen molar-refractivity contribution in [2.24, 2.45) is 0 Å². The van der Waals surface area contributed by atoms with Crippen LogP contribution in [0.4, 0.5) is 11.4 Å². The fraction of sp³-hybridized carbons (Fsp3) is 0.222. The number of carbonyl (C=O) groups is 2. The third-order valence-corrected chi connectivity index (χ3v) is 6.04. The van der Waals surface area contributed by atoms with Gasteiger partial charge in [-0.05, 0) is 35.9 Å². The first-order chi connectivity index (χ1) is 12.3. The summed E-state index contributed by atoms with van der Waals surface area (Å²) in [6.45, 7) is 1.37. The largest absolute Gasteiger partial charge is 0.357 e. The molecular formula is C18H19N3O4S. The minimum atomic E-state index is -3.94. The first-order valence-electron chi connectivity index (χ1n) is 8.06. The molecule has 7 nitrogen and oxygen atoms in total. The number of hydrogen-bond acceptors (Lipinski definition) is 4. The van der Waals surface area contributed by atoms with Gasteiger partial charge in [-0.2, -0.15) is 0 Å². The Kier molecular flexibility index (Phi) is 4.69. The molecule has 0 radical (unpaired) electrons. The van der Waals surface area contributed by atoms with E-state index in [1.807, 2.05) is 12.1 Å². The van der Waals surface area contributed by atoms with Gasteiger partial charge in [0, 0.05) is 26.1 Å². The van der Waals surface area contributed by atoms with Crippen molar-refractivity contribution in [3.8, 4) is 0 Å². The number of nitrogens with one attached hydrogen (secondary N) is 2. The molecule has 0 aliphatic carbocycles. The number of carbonyl (C=O) groups excluding carboxylic acids is 2. The maximum atomic E-state index is 13.2. The van der Waals surface area contributed by atoms with Crippen LogP contribution in [0.5, 0.6) is 0 Å². The van der Waals surface area contributed by atoms with Gasteiger partial charge in [0.2, 0.25) is 11.8 Å². The van der Waals surface area contributed by atoms with Crippen LogP contribution in [0.2, 0.25) is 0 Å². The van der Waals surface area contributed by atoms with Crippen molar-refractivity contribution in [3.05, 3.63) is 54.1 Å². The van der Waals surface area contributed by atoms with Gasteiger partial charge in [-0.1, -0.05) is 18.2 Å². The van der Waals surface area contributed by atoms with Crippen LogP contribution in [0.25, 0.3) is 0 Å². The summed E-state index contributed by atoms with van der Waals surface area (Å²) in [6.07, 6.45) is 0.319. The quantitative estimate of drug-likeness (QED) is 0.849. The van der Waals surface area contributed by atoms with Crippen molar-refractivity contribution in [2.75, 3.05) is 16.7 Å². The van der Waals surface area contributed by atoms with Gasteiger partial charge in [-0.3, -0.25) is 13.9 Å². The van der Waals surface area contributed by atoms with E-state index in [-0.39, 0.29) is 16.7 Å². The molecule has 1 aliphatic heterocycles. The predicted molar refractivity (Wildman–Crippen MR) is 98.4 cm³/mol. The average molecular weight is 373 g/mol. The number of fused-ring (bicyclic) bond motifs is 1. The highest BCUT2D eigenvalue weighted by Gasteiger charge is 2.41. The summed E-state index contributed by atoms with van der Waals surface area (Å²) in [7, 11) is -2.46. The van der Waals surface area contributed by atoms with Crippen LogP contribution in [0.15, 0.2) is 53.4 Å². The topological polar surface area (TPSA) is 95.6 Å². The summed E-state index contributed by atoms with van der Waals surface area (Å²) in [5.41, 5.74) is 1.81. The number of rotatable bonds is 4. The molecule has 0 spiro atoms. The molecule has 0 bridgehead atoms. The molecule has 0 saturated heterocycles. The van der Waals surface area contributed by atoms with E-state index in [1.165, 1.54) is 42.5 Å². The summed E-state index contributed by atoms with van der Waals surface area (Å²) in [4.78, 5) is 23.4. The Morgan fingerprint density at radius 2 is 1.73 bits per heavy atom. The van der Waals surface area contributed by atoms with Gasteiger partial charge in [0.15, 0.2) is 0 Å². The lowest BCUT2D eigenvalue weighted by molar-refractivity contribution is -0.121. The zero-order valence-electron chi connectivity index (χ0n) is 14.4. The van der Waals surface area contributed by atoms with Crippen molar-refractivity contribution in [3.63, 3.8) is 0 Å². The second kappa shape index (κ2) is 6.80. The SMILES string of the molecule is CNC(=O)[C@@H]1Cc2ccccc2N1S(=O)(=O)c1ccc(NC(C)=O)cc1. The van der Waals surface area contributed by atoms with Crippen LogP contribution >= 0.6 is 0 Å². The van der Waals surface area contributed by atoms with E-state index in [0.717, 1.165) is 5.56 Å². The zero-order valence-corrected chi connectivity index (χ0v) is 15.2. The maximum Gasteiger partial charge on any atom is 0.265 e. The molecule has 1 heterocycles. The van der Waals surface area contributed by atoms with Crippen molar-refractivity contribution in [1.29, 1.82) is 0 Å². The Morgan fingerprint density at radius 1 is 1.08 bits per heavy atom. The van der Waals surface area contributed by atoms with Crippen molar-refractivity contribution < 1.29 is 18.0 Å². The van der Waals surface area contributed by atoms with E-state index in [2.05, 4.69) is 10.6 Å². The first kappa shape index (κ1) is 17.9. The fourth-order valence-electron chi connectivity index (χ4n) is 3.05. The summed E-state index contributed by atoms with van der Waals surface area (Å²) in [5.74, 6) is -0.603. The summed E-state index contributed by atoms with van der Waals surface area (Å²) in [5, 5.41) is 5.13. The van der Waals surface area contributed by atoms with Gasteiger partial charge in [-0.15, -0.1) is 0 Å². The molecule has 2 aromatic rings. The summed E-state index contributed by atoms with van der Waals surface area (Å²) in [6, 6.07) is 12.1. The molecule has 136 valence electrons. The number of anilines is 2. The fourth-order valence-corrected chi connectivity index (χ4v) is 4.70. The summed E-state index contributed by atoms with van der Waals surface area (Å²) >= 11 is 0. The van der Waals surface area contributed by atoms with Gasteiger partial charge in [0.1, 0.15) is 6.04 Å². The van der Waals surface area contributed by atoms with E-state index in [0.29, 0.717) is 17.8 Å². The lowest BCUT2D eigenvalue weighted by Gasteiger charge is -2.26. The van der Waals surface area contributed by atoms with Crippen LogP contribution in [-0.4, -0.2) is 33.3 Å². The number of nitrogens with zero attached hydrogens (tertiary/aromatic N) is 1.